The first-order valence-electron chi connectivity index (χ1n) is 3.76. The Kier molecular flexibility index (Phi) is 3.57. The molecule has 13 heavy (non-hydrogen) atoms. The quantitative estimate of drug-likeness (QED) is 0.736. The van der Waals surface area contributed by atoms with E-state index in [0.29, 0.717) is 6.42 Å². The van der Waals surface area contributed by atoms with Gasteiger partial charge in [-0.05, 0) is 0 Å². The number of carbonyl (C=O) groups is 1. The SMILES string of the molecule is CN=CC(Cc1cscn1)C(=O)O. The molecule has 1 atom stereocenters. The van der Waals surface area contributed by atoms with E-state index in [-0.39, 0.29) is 0 Å². The van der Waals surface area contributed by atoms with Crippen molar-refractivity contribution in [3.63, 3.8) is 0 Å². The van der Waals surface area contributed by atoms with Gasteiger partial charge in [0.25, 0.3) is 0 Å². The van der Waals surface area contributed by atoms with Crippen LogP contribution in [0, 0.1) is 5.92 Å². The summed E-state index contributed by atoms with van der Waals surface area (Å²) in [5, 5.41) is 10.6. The molecule has 0 saturated heterocycles. The topological polar surface area (TPSA) is 62.5 Å². The third-order valence-electron chi connectivity index (χ3n) is 1.56. The lowest BCUT2D eigenvalue weighted by Crippen LogP contribution is -2.17. The first-order valence-corrected chi connectivity index (χ1v) is 4.70. The Balaban J connectivity index is 2.63. The highest BCUT2D eigenvalue weighted by atomic mass is 32.1. The minimum Gasteiger partial charge on any atom is -0.481 e. The molecule has 0 aliphatic rings. The Morgan fingerprint density at radius 1 is 1.92 bits per heavy atom. The zero-order valence-corrected chi connectivity index (χ0v) is 7.99. The molecule has 1 unspecified atom stereocenters. The Morgan fingerprint density at radius 3 is 3.15 bits per heavy atom. The monoisotopic (exact) mass is 198 g/mol. The second-order valence-electron chi connectivity index (χ2n) is 2.54. The molecule has 0 saturated carbocycles. The number of carboxylic acids is 1. The first-order chi connectivity index (χ1) is 6.24. The zero-order chi connectivity index (χ0) is 9.68. The molecule has 0 aliphatic heterocycles. The number of aliphatic carboxylic acids is 1. The molecule has 0 spiro atoms. The number of aliphatic imine (C=N–C) groups is 1. The van der Waals surface area contributed by atoms with Gasteiger partial charge in [-0.25, -0.2) is 4.98 Å². The highest BCUT2D eigenvalue weighted by Gasteiger charge is 2.15. The van der Waals surface area contributed by atoms with Crippen LogP contribution in [0.2, 0.25) is 0 Å². The lowest BCUT2D eigenvalue weighted by Gasteiger charge is -2.02. The van der Waals surface area contributed by atoms with E-state index in [9.17, 15) is 4.79 Å². The smallest absolute Gasteiger partial charge is 0.312 e. The molecule has 1 rings (SSSR count). The largest absolute Gasteiger partial charge is 0.481 e. The van der Waals surface area contributed by atoms with Crippen molar-refractivity contribution in [3.8, 4) is 0 Å². The fraction of sp³-hybridized carbons (Fsp3) is 0.375. The summed E-state index contributed by atoms with van der Waals surface area (Å²) in [7, 11) is 1.57. The summed E-state index contributed by atoms with van der Waals surface area (Å²) in [6.07, 6.45) is 1.85. The van der Waals surface area contributed by atoms with Gasteiger partial charge in [-0.2, -0.15) is 0 Å². The minimum absolute atomic E-state index is 0.413. The Morgan fingerprint density at radius 2 is 2.69 bits per heavy atom. The number of hydrogen-bond acceptors (Lipinski definition) is 4. The van der Waals surface area contributed by atoms with E-state index in [4.69, 9.17) is 5.11 Å². The van der Waals surface area contributed by atoms with Gasteiger partial charge in [0.1, 0.15) is 0 Å². The fourth-order valence-corrected chi connectivity index (χ4v) is 1.52. The second-order valence-corrected chi connectivity index (χ2v) is 3.25. The summed E-state index contributed by atoms with van der Waals surface area (Å²) in [4.78, 5) is 18.4. The molecule has 0 bridgehead atoms. The van der Waals surface area contributed by atoms with Crippen LogP contribution in [0.5, 0.6) is 0 Å². The normalized spacial score (nSPS) is 13.3. The maximum atomic E-state index is 10.7. The zero-order valence-electron chi connectivity index (χ0n) is 7.17. The lowest BCUT2D eigenvalue weighted by atomic mass is 10.1. The van der Waals surface area contributed by atoms with Gasteiger partial charge in [0.15, 0.2) is 0 Å². The van der Waals surface area contributed by atoms with Gasteiger partial charge in [0.2, 0.25) is 0 Å². The van der Waals surface area contributed by atoms with Crippen molar-refractivity contribution in [2.45, 2.75) is 6.42 Å². The fourth-order valence-electron chi connectivity index (χ4n) is 0.947. The predicted octanol–water partition coefficient (Wildman–Crippen LogP) is 1.09. The van der Waals surface area contributed by atoms with Crippen molar-refractivity contribution < 1.29 is 9.90 Å². The van der Waals surface area contributed by atoms with E-state index < -0.39 is 11.9 Å². The molecule has 0 aromatic carbocycles. The molecular weight excluding hydrogens is 188 g/mol. The van der Waals surface area contributed by atoms with E-state index >= 15 is 0 Å². The highest BCUT2D eigenvalue weighted by Crippen LogP contribution is 2.08. The summed E-state index contributed by atoms with van der Waals surface area (Å²) in [6, 6.07) is 0. The van der Waals surface area contributed by atoms with Gasteiger partial charge in [-0.15, -0.1) is 11.3 Å². The van der Waals surface area contributed by atoms with Gasteiger partial charge in [-0.1, -0.05) is 0 Å². The molecule has 1 N–H and O–H groups in total. The minimum atomic E-state index is -0.862. The molecule has 4 nitrogen and oxygen atoms in total. The number of aromatic nitrogens is 1. The molecule has 0 fully saturated rings. The van der Waals surface area contributed by atoms with E-state index in [1.807, 2.05) is 5.38 Å². The van der Waals surface area contributed by atoms with Crippen molar-refractivity contribution >= 4 is 23.5 Å². The standard InChI is InChI=1S/C8H10N2O2S/c1-9-3-6(8(11)12)2-7-4-13-5-10-7/h3-6H,2H2,1H3,(H,11,12). The Hall–Kier alpha value is -1.23. The van der Waals surface area contributed by atoms with Gasteiger partial charge in [-0.3, -0.25) is 9.79 Å². The summed E-state index contributed by atoms with van der Waals surface area (Å²) in [5.41, 5.74) is 2.49. The van der Waals surface area contributed by atoms with Crippen LogP contribution >= 0.6 is 11.3 Å². The molecule has 1 heterocycles. The third-order valence-corrected chi connectivity index (χ3v) is 2.19. The maximum absolute atomic E-state index is 10.7. The molecule has 0 aliphatic carbocycles. The number of rotatable bonds is 4. The van der Waals surface area contributed by atoms with E-state index in [0.717, 1.165) is 5.69 Å². The molecule has 0 amide bonds. The van der Waals surface area contributed by atoms with Crippen molar-refractivity contribution in [3.05, 3.63) is 16.6 Å². The van der Waals surface area contributed by atoms with Crippen LogP contribution in [-0.4, -0.2) is 29.3 Å². The first kappa shape index (κ1) is 9.85. The van der Waals surface area contributed by atoms with Crippen LogP contribution in [0.15, 0.2) is 15.9 Å². The van der Waals surface area contributed by atoms with Crippen molar-refractivity contribution in [1.29, 1.82) is 0 Å². The van der Waals surface area contributed by atoms with Gasteiger partial charge in [0, 0.05) is 25.1 Å². The average molecular weight is 198 g/mol. The summed E-state index contributed by atoms with van der Waals surface area (Å²) in [6.45, 7) is 0. The summed E-state index contributed by atoms with van der Waals surface area (Å²) in [5.74, 6) is -1.43. The average Bonchev–Trinajstić information content (AvgIpc) is 2.56. The van der Waals surface area contributed by atoms with Crippen molar-refractivity contribution in [2.75, 3.05) is 7.05 Å². The predicted molar refractivity (Wildman–Crippen MR) is 51.4 cm³/mol. The summed E-state index contributed by atoms with van der Waals surface area (Å²) >= 11 is 1.46. The molecule has 1 aromatic heterocycles. The van der Waals surface area contributed by atoms with Crippen LogP contribution in [0.3, 0.4) is 0 Å². The van der Waals surface area contributed by atoms with Crippen LogP contribution in [0.1, 0.15) is 5.69 Å². The molecule has 70 valence electrons. The molecule has 1 aromatic rings. The van der Waals surface area contributed by atoms with Crippen LogP contribution in [-0.2, 0) is 11.2 Å². The summed E-state index contributed by atoms with van der Waals surface area (Å²) < 4.78 is 0. The Labute approximate surface area is 80.0 Å². The van der Waals surface area contributed by atoms with E-state index in [2.05, 4.69) is 9.98 Å². The van der Waals surface area contributed by atoms with Crippen molar-refractivity contribution in [1.82, 2.24) is 4.98 Å². The van der Waals surface area contributed by atoms with E-state index in [1.54, 1.807) is 12.6 Å². The highest BCUT2D eigenvalue weighted by molar-refractivity contribution is 7.07. The molecule has 5 heteroatoms. The van der Waals surface area contributed by atoms with Crippen LogP contribution in [0.4, 0.5) is 0 Å². The number of carboxylic acid groups (broad SMARTS) is 1. The third kappa shape index (κ3) is 2.95. The van der Waals surface area contributed by atoms with Crippen molar-refractivity contribution in [2.24, 2.45) is 10.9 Å². The molecule has 0 radical (unpaired) electrons. The van der Waals surface area contributed by atoms with Gasteiger partial charge in [0.05, 0.1) is 17.1 Å². The number of nitrogens with zero attached hydrogens (tertiary/aromatic N) is 2. The molecular formula is C8H10N2O2S. The van der Waals surface area contributed by atoms with Crippen LogP contribution in [0.25, 0.3) is 0 Å². The van der Waals surface area contributed by atoms with E-state index in [1.165, 1.54) is 17.6 Å². The maximum Gasteiger partial charge on any atom is 0.312 e. The van der Waals surface area contributed by atoms with Gasteiger partial charge < -0.3 is 5.11 Å². The van der Waals surface area contributed by atoms with Crippen LogP contribution < -0.4 is 0 Å². The number of hydrogen-bond donors (Lipinski definition) is 1. The Bertz CT molecular complexity index is 295. The second kappa shape index (κ2) is 4.71. The lowest BCUT2D eigenvalue weighted by molar-refractivity contribution is -0.139. The van der Waals surface area contributed by atoms with Gasteiger partial charge >= 0.3 is 5.97 Å². The number of thiazole rings is 1.